The maximum atomic E-state index is 13.3. The van der Waals surface area contributed by atoms with Crippen LogP contribution >= 0.6 is 0 Å². The number of anilines is 1. The van der Waals surface area contributed by atoms with Gasteiger partial charge in [0, 0.05) is 46.2 Å². The number of amides is 2. The average Bonchev–Trinajstić information content (AvgIpc) is 3.79. The van der Waals surface area contributed by atoms with Gasteiger partial charge in [-0.3, -0.25) is 9.59 Å². The molecule has 2 aliphatic heterocycles. The quantitative estimate of drug-likeness (QED) is 0.374. The Hall–Kier alpha value is -3.27. The second kappa shape index (κ2) is 12.7. The Kier molecular flexibility index (Phi) is 9.06. The number of carbonyl (C=O) groups is 2. The van der Waals surface area contributed by atoms with Gasteiger partial charge in [0.25, 0.3) is 11.8 Å². The highest BCUT2D eigenvalue weighted by molar-refractivity contribution is 5.95. The molecule has 3 aliphatic rings. The van der Waals surface area contributed by atoms with Gasteiger partial charge in [0.1, 0.15) is 11.6 Å². The van der Waals surface area contributed by atoms with E-state index in [9.17, 15) is 18.4 Å². The van der Waals surface area contributed by atoms with Crippen LogP contribution in [-0.2, 0) is 9.53 Å². The van der Waals surface area contributed by atoms with E-state index in [1.807, 2.05) is 19.1 Å². The first kappa shape index (κ1) is 29.2. The SMILES string of the molecule is CCOc1cccc([C@@H](OC(F)F)C(=O)N2CCC(CC3CN(c4ccc(C(=O)N(C)C)c(C5CC5)n4)C3)CC2)c1. The summed E-state index contributed by atoms with van der Waals surface area (Å²) in [6.45, 7) is 2.13. The van der Waals surface area contributed by atoms with Gasteiger partial charge in [-0.05, 0) is 80.7 Å². The van der Waals surface area contributed by atoms with Crippen molar-refractivity contribution in [1.29, 1.82) is 0 Å². The van der Waals surface area contributed by atoms with Crippen molar-refractivity contribution in [2.45, 2.75) is 57.7 Å². The van der Waals surface area contributed by atoms with Crippen molar-refractivity contribution in [2.75, 3.05) is 51.8 Å². The number of benzene rings is 1. The molecule has 10 heteroatoms. The summed E-state index contributed by atoms with van der Waals surface area (Å²) in [6.07, 6.45) is 3.56. The number of rotatable bonds is 11. The monoisotopic (exact) mass is 570 g/mol. The average molecular weight is 571 g/mol. The van der Waals surface area contributed by atoms with Gasteiger partial charge in [-0.15, -0.1) is 0 Å². The van der Waals surface area contributed by atoms with E-state index in [0.717, 1.165) is 56.7 Å². The van der Waals surface area contributed by atoms with Crippen molar-refractivity contribution < 1.29 is 27.8 Å². The topological polar surface area (TPSA) is 75.2 Å². The van der Waals surface area contributed by atoms with Crippen LogP contribution in [0.25, 0.3) is 0 Å². The lowest BCUT2D eigenvalue weighted by Crippen LogP contribution is -2.49. The summed E-state index contributed by atoms with van der Waals surface area (Å²) in [6, 6.07) is 10.5. The summed E-state index contributed by atoms with van der Waals surface area (Å²) in [5.74, 6) is 2.45. The molecule has 2 saturated heterocycles. The predicted octanol–water partition coefficient (Wildman–Crippen LogP) is 5.10. The summed E-state index contributed by atoms with van der Waals surface area (Å²) in [4.78, 5) is 36.3. The Morgan fingerprint density at radius 2 is 1.78 bits per heavy atom. The second-order valence-corrected chi connectivity index (χ2v) is 11.6. The Morgan fingerprint density at radius 3 is 2.41 bits per heavy atom. The minimum absolute atomic E-state index is 0.00313. The summed E-state index contributed by atoms with van der Waals surface area (Å²) < 4.78 is 36.8. The van der Waals surface area contributed by atoms with Crippen LogP contribution in [0, 0.1) is 11.8 Å². The number of carbonyl (C=O) groups excluding carboxylic acids is 2. The zero-order valence-corrected chi connectivity index (χ0v) is 24.1. The lowest BCUT2D eigenvalue weighted by atomic mass is 9.83. The number of likely N-dealkylation sites (tertiary alicyclic amines) is 1. The van der Waals surface area contributed by atoms with Crippen LogP contribution in [0.1, 0.15) is 72.7 Å². The van der Waals surface area contributed by atoms with Gasteiger partial charge in [-0.25, -0.2) is 4.98 Å². The van der Waals surface area contributed by atoms with Gasteiger partial charge >= 0.3 is 6.61 Å². The van der Waals surface area contributed by atoms with E-state index in [1.54, 1.807) is 48.2 Å². The molecule has 1 saturated carbocycles. The van der Waals surface area contributed by atoms with Gasteiger partial charge in [0.2, 0.25) is 0 Å². The summed E-state index contributed by atoms with van der Waals surface area (Å²) >= 11 is 0. The van der Waals surface area contributed by atoms with Crippen molar-refractivity contribution in [3.8, 4) is 5.75 Å². The number of ether oxygens (including phenoxy) is 2. The van der Waals surface area contributed by atoms with Gasteiger partial charge in [-0.2, -0.15) is 8.78 Å². The van der Waals surface area contributed by atoms with Crippen LogP contribution in [0.5, 0.6) is 5.75 Å². The molecule has 1 aliphatic carbocycles. The smallest absolute Gasteiger partial charge is 0.346 e. The second-order valence-electron chi connectivity index (χ2n) is 11.6. The van der Waals surface area contributed by atoms with Crippen molar-refractivity contribution in [3.63, 3.8) is 0 Å². The molecule has 1 atom stereocenters. The molecule has 0 unspecified atom stereocenters. The number of nitrogens with zero attached hydrogens (tertiary/aromatic N) is 4. The first-order valence-corrected chi connectivity index (χ1v) is 14.7. The number of halogens is 2. The van der Waals surface area contributed by atoms with E-state index in [-0.39, 0.29) is 5.91 Å². The van der Waals surface area contributed by atoms with E-state index in [2.05, 4.69) is 4.90 Å². The molecule has 1 aromatic carbocycles. The number of hydrogen-bond donors (Lipinski definition) is 0. The summed E-state index contributed by atoms with van der Waals surface area (Å²) in [7, 11) is 3.54. The van der Waals surface area contributed by atoms with Crippen LogP contribution in [0.15, 0.2) is 36.4 Å². The molecule has 41 heavy (non-hydrogen) atoms. The van der Waals surface area contributed by atoms with E-state index in [4.69, 9.17) is 14.5 Å². The molecule has 5 rings (SSSR count). The van der Waals surface area contributed by atoms with Crippen LogP contribution in [0.2, 0.25) is 0 Å². The fraction of sp³-hybridized carbons (Fsp3) is 0.581. The highest BCUT2D eigenvalue weighted by Crippen LogP contribution is 2.42. The minimum atomic E-state index is -3.06. The molecule has 0 spiro atoms. The Labute approximate surface area is 240 Å². The largest absolute Gasteiger partial charge is 0.494 e. The third-order valence-corrected chi connectivity index (χ3v) is 8.32. The van der Waals surface area contributed by atoms with Gasteiger partial charge < -0.3 is 24.2 Å². The molecule has 2 aromatic rings. The Morgan fingerprint density at radius 1 is 1.05 bits per heavy atom. The zero-order valence-electron chi connectivity index (χ0n) is 24.1. The van der Waals surface area contributed by atoms with Crippen LogP contribution in [-0.4, -0.2) is 80.1 Å². The highest BCUT2D eigenvalue weighted by atomic mass is 19.3. The number of alkyl halides is 2. The standard InChI is InChI=1S/C31H40F2N4O4/c1-4-40-24-7-5-6-23(17-24)28(41-31(32)33)30(39)36-14-12-20(13-15-36)16-21-18-37(19-21)26-11-10-25(29(38)35(2)3)27(34-26)22-8-9-22/h5-7,10-11,17,20-22,28,31H,4,8-9,12-16,18-19H2,1-3H3/t28-/m1/s1. The van der Waals surface area contributed by atoms with Crippen LogP contribution in [0.3, 0.4) is 0 Å². The van der Waals surface area contributed by atoms with Crippen molar-refractivity contribution in [1.82, 2.24) is 14.8 Å². The van der Waals surface area contributed by atoms with E-state index in [0.29, 0.717) is 54.3 Å². The molecule has 0 radical (unpaired) electrons. The first-order valence-electron chi connectivity index (χ1n) is 14.7. The first-order chi connectivity index (χ1) is 19.7. The van der Waals surface area contributed by atoms with Crippen molar-refractivity contribution in [3.05, 3.63) is 53.2 Å². The zero-order chi connectivity index (χ0) is 29.1. The number of hydrogen-bond acceptors (Lipinski definition) is 6. The molecule has 0 bridgehead atoms. The third kappa shape index (κ3) is 6.97. The van der Waals surface area contributed by atoms with Crippen molar-refractivity contribution >= 4 is 17.6 Å². The summed E-state index contributed by atoms with van der Waals surface area (Å²) in [5, 5.41) is 0. The maximum Gasteiger partial charge on any atom is 0.346 e. The molecular weight excluding hydrogens is 530 g/mol. The van der Waals surface area contributed by atoms with Crippen LogP contribution in [0.4, 0.5) is 14.6 Å². The minimum Gasteiger partial charge on any atom is -0.494 e. The number of aromatic nitrogens is 1. The molecule has 222 valence electrons. The van der Waals surface area contributed by atoms with E-state index < -0.39 is 18.6 Å². The van der Waals surface area contributed by atoms with Crippen molar-refractivity contribution in [2.24, 2.45) is 11.8 Å². The fourth-order valence-electron chi connectivity index (χ4n) is 5.98. The molecular formula is C31H40F2N4O4. The van der Waals surface area contributed by atoms with Gasteiger partial charge in [0.15, 0.2) is 6.10 Å². The molecule has 8 nitrogen and oxygen atoms in total. The highest BCUT2D eigenvalue weighted by Gasteiger charge is 2.36. The third-order valence-electron chi connectivity index (χ3n) is 8.32. The number of pyridine rings is 1. The Bertz CT molecular complexity index is 1220. The Balaban J connectivity index is 1.13. The van der Waals surface area contributed by atoms with E-state index in [1.165, 1.54) is 0 Å². The summed E-state index contributed by atoms with van der Waals surface area (Å²) in [5.41, 5.74) is 2.01. The lowest BCUT2D eigenvalue weighted by molar-refractivity contribution is -0.185. The van der Waals surface area contributed by atoms with E-state index >= 15 is 0 Å². The number of piperidine rings is 1. The van der Waals surface area contributed by atoms with Crippen LogP contribution < -0.4 is 9.64 Å². The van der Waals surface area contributed by atoms with Gasteiger partial charge in [-0.1, -0.05) is 12.1 Å². The molecule has 2 amide bonds. The van der Waals surface area contributed by atoms with Gasteiger partial charge in [0.05, 0.1) is 17.9 Å². The maximum absolute atomic E-state index is 13.3. The molecule has 3 fully saturated rings. The lowest BCUT2D eigenvalue weighted by Gasteiger charge is -2.43. The predicted molar refractivity (Wildman–Crippen MR) is 151 cm³/mol. The molecule has 0 N–H and O–H groups in total. The normalized spacial score (nSPS) is 18.8. The fourth-order valence-corrected chi connectivity index (χ4v) is 5.98. The molecule has 1 aromatic heterocycles. The molecule has 3 heterocycles.